The third-order valence-corrected chi connectivity index (χ3v) is 4.49. The molecule has 1 fully saturated rings. The van der Waals surface area contributed by atoms with Crippen molar-refractivity contribution in [2.45, 2.75) is 25.9 Å². The SMILES string of the molecule is CCOc1ccc(C(=O)NC(=NC[C@@H]2CCCO2)Nc2ccc(OC)cc2)cc1. The molecule has 1 atom stereocenters. The summed E-state index contributed by atoms with van der Waals surface area (Å²) in [6.07, 6.45) is 2.11. The fraction of sp³-hybridized carbons (Fsp3) is 0.364. The molecular formula is C22H27N3O4. The van der Waals surface area contributed by atoms with Gasteiger partial charge in [0.2, 0.25) is 5.96 Å². The molecule has 0 saturated carbocycles. The number of aliphatic imine (C=N–C) groups is 1. The molecule has 0 unspecified atom stereocenters. The van der Waals surface area contributed by atoms with Crippen LogP contribution in [0.4, 0.5) is 5.69 Å². The topological polar surface area (TPSA) is 81.2 Å². The maximum Gasteiger partial charge on any atom is 0.257 e. The van der Waals surface area contributed by atoms with Gasteiger partial charge in [-0.1, -0.05) is 0 Å². The highest BCUT2D eigenvalue weighted by molar-refractivity contribution is 6.10. The van der Waals surface area contributed by atoms with Crippen LogP contribution in [0.1, 0.15) is 30.1 Å². The number of ether oxygens (including phenoxy) is 3. The van der Waals surface area contributed by atoms with Crippen molar-refractivity contribution in [3.05, 3.63) is 54.1 Å². The number of carbonyl (C=O) groups is 1. The average Bonchev–Trinajstić information content (AvgIpc) is 3.27. The van der Waals surface area contributed by atoms with Crippen LogP contribution in [0.3, 0.4) is 0 Å². The summed E-state index contributed by atoms with van der Waals surface area (Å²) in [5.41, 5.74) is 1.32. The van der Waals surface area contributed by atoms with Gasteiger partial charge in [0.1, 0.15) is 11.5 Å². The van der Waals surface area contributed by atoms with E-state index in [4.69, 9.17) is 14.2 Å². The van der Waals surface area contributed by atoms with E-state index in [2.05, 4.69) is 15.6 Å². The van der Waals surface area contributed by atoms with E-state index in [9.17, 15) is 4.79 Å². The van der Waals surface area contributed by atoms with Gasteiger partial charge in [0.25, 0.3) is 5.91 Å². The van der Waals surface area contributed by atoms with Crippen LogP contribution < -0.4 is 20.1 Å². The second-order valence-corrected chi connectivity index (χ2v) is 6.59. The summed E-state index contributed by atoms with van der Waals surface area (Å²) in [6.45, 7) is 3.75. The van der Waals surface area contributed by atoms with Gasteiger partial charge in [0.15, 0.2) is 0 Å². The molecule has 1 amide bonds. The van der Waals surface area contributed by atoms with Crippen molar-refractivity contribution in [2.75, 3.05) is 32.2 Å². The van der Waals surface area contributed by atoms with Crippen molar-refractivity contribution in [2.24, 2.45) is 4.99 Å². The number of benzene rings is 2. The predicted molar refractivity (Wildman–Crippen MR) is 113 cm³/mol. The van der Waals surface area contributed by atoms with Crippen LogP contribution in [0.25, 0.3) is 0 Å². The molecule has 2 N–H and O–H groups in total. The lowest BCUT2D eigenvalue weighted by atomic mass is 10.2. The largest absolute Gasteiger partial charge is 0.497 e. The van der Waals surface area contributed by atoms with Gasteiger partial charge in [-0.3, -0.25) is 10.1 Å². The van der Waals surface area contributed by atoms with Gasteiger partial charge in [-0.05, 0) is 68.3 Å². The molecule has 0 bridgehead atoms. The molecule has 154 valence electrons. The number of carbonyl (C=O) groups excluding carboxylic acids is 1. The fourth-order valence-corrected chi connectivity index (χ4v) is 2.95. The van der Waals surface area contributed by atoms with E-state index < -0.39 is 0 Å². The maximum atomic E-state index is 12.7. The number of amides is 1. The zero-order chi connectivity index (χ0) is 20.5. The van der Waals surface area contributed by atoms with E-state index in [1.54, 1.807) is 31.4 Å². The highest BCUT2D eigenvalue weighted by Gasteiger charge is 2.16. The minimum atomic E-state index is -0.250. The molecule has 1 aliphatic rings. The van der Waals surface area contributed by atoms with Crippen molar-refractivity contribution < 1.29 is 19.0 Å². The molecule has 1 aliphatic heterocycles. The second kappa shape index (κ2) is 10.5. The Labute approximate surface area is 171 Å². The molecule has 1 saturated heterocycles. The van der Waals surface area contributed by atoms with Crippen molar-refractivity contribution in [3.63, 3.8) is 0 Å². The summed E-state index contributed by atoms with van der Waals surface area (Å²) >= 11 is 0. The Balaban J connectivity index is 1.70. The molecule has 2 aromatic rings. The number of hydrogen-bond acceptors (Lipinski definition) is 5. The first-order chi connectivity index (χ1) is 14.2. The third-order valence-electron chi connectivity index (χ3n) is 4.49. The lowest BCUT2D eigenvalue weighted by Crippen LogP contribution is -2.36. The molecule has 2 aromatic carbocycles. The van der Waals surface area contributed by atoms with E-state index >= 15 is 0 Å². The zero-order valence-corrected chi connectivity index (χ0v) is 16.8. The van der Waals surface area contributed by atoms with E-state index in [0.29, 0.717) is 24.7 Å². The lowest BCUT2D eigenvalue weighted by Gasteiger charge is -2.14. The summed E-state index contributed by atoms with van der Waals surface area (Å²) in [4.78, 5) is 17.2. The van der Waals surface area contributed by atoms with Crippen molar-refractivity contribution in [3.8, 4) is 11.5 Å². The van der Waals surface area contributed by atoms with Crippen molar-refractivity contribution >= 4 is 17.6 Å². The molecule has 0 spiro atoms. The molecule has 0 aliphatic carbocycles. The molecule has 29 heavy (non-hydrogen) atoms. The second-order valence-electron chi connectivity index (χ2n) is 6.59. The number of nitrogens with one attached hydrogen (secondary N) is 2. The summed E-state index contributed by atoms with van der Waals surface area (Å²) in [5, 5.41) is 6.03. The molecule has 1 heterocycles. The van der Waals surface area contributed by atoms with Crippen LogP contribution in [0.2, 0.25) is 0 Å². The van der Waals surface area contributed by atoms with Crippen LogP contribution in [0.15, 0.2) is 53.5 Å². The highest BCUT2D eigenvalue weighted by atomic mass is 16.5. The van der Waals surface area contributed by atoms with Crippen LogP contribution in [0, 0.1) is 0 Å². The average molecular weight is 397 g/mol. The minimum absolute atomic E-state index is 0.0880. The third kappa shape index (κ3) is 6.22. The fourth-order valence-electron chi connectivity index (χ4n) is 2.95. The first kappa shape index (κ1) is 20.7. The number of rotatable bonds is 7. The standard InChI is InChI=1S/C22H27N3O4/c1-3-28-19-10-6-16(7-11-19)21(26)25-22(23-15-20-5-4-14-29-20)24-17-8-12-18(27-2)13-9-17/h6-13,20H,3-5,14-15H2,1-2H3,(H2,23,24,25,26)/t20-/m0/s1. The molecule has 7 nitrogen and oxygen atoms in total. The van der Waals surface area contributed by atoms with Gasteiger partial charge in [0, 0.05) is 17.9 Å². The van der Waals surface area contributed by atoms with Gasteiger partial charge in [-0.2, -0.15) is 0 Å². The van der Waals surface area contributed by atoms with Crippen molar-refractivity contribution in [1.29, 1.82) is 0 Å². The normalized spacial score (nSPS) is 16.3. The van der Waals surface area contributed by atoms with Gasteiger partial charge in [0.05, 0.1) is 26.4 Å². The van der Waals surface area contributed by atoms with Crippen LogP contribution in [0.5, 0.6) is 11.5 Å². The first-order valence-corrected chi connectivity index (χ1v) is 9.79. The Morgan fingerprint density at radius 1 is 1.14 bits per heavy atom. The number of hydrogen-bond donors (Lipinski definition) is 2. The number of nitrogens with zero attached hydrogens (tertiary/aromatic N) is 1. The predicted octanol–water partition coefficient (Wildman–Crippen LogP) is 3.47. The Kier molecular flexibility index (Phi) is 7.47. The van der Waals surface area contributed by atoms with Gasteiger partial charge in [-0.25, -0.2) is 4.99 Å². The molecule has 7 heteroatoms. The molecular weight excluding hydrogens is 370 g/mol. The van der Waals surface area contributed by atoms with Crippen LogP contribution >= 0.6 is 0 Å². The highest BCUT2D eigenvalue weighted by Crippen LogP contribution is 2.16. The Morgan fingerprint density at radius 3 is 2.48 bits per heavy atom. The number of methoxy groups -OCH3 is 1. The maximum absolute atomic E-state index is 12.7. The van der Waals surface area contributed by atoms with Gasteiger partial charge < -0.3 is 19.5 Å². The number of anilines is 1. The zero-order valence-electron chi connectivity index (χ0n) is 16.8. The van der Waals surface area contributed by atoms with E-state index in [-0.39, 0.29) is 12.0 Å². The minimum Gasteiger partial charge on any atom is -0.497 e. The smallest absolute Gasteiger partial charge is 0.257 e. The number of guanidine groups is 1. The monoisotopic (exact) mass is 397 g/mol. The van der Waals surface area contributed by atoms with E-state index in [1.165, 1.54) is 0 Å². The Hall–Kier alpha value is -3.06. The van der Waals surface area contributed by atoms with Gasteiger partial charge in [-0.15, -0.1) is 0 Å². The summed E-state index contributed by atoms with van der Waals surface area (Å²) in [5.74, 6) is 1.62. The van der Waals surface area contributed by atoms with Gasteiger partial charge >= 0.3 is 0 Å². The molecule has 0 radical (unpaired) electrons. The van der Waals surface area contributed by atoms with Crippen LogP contribution in [-0.4, -0.2) is 44.8 Å². The van der Waals surface area contributed by atoms with Crippen molar-refractivity contribution in [1.82, 2.24) is 5.32 Å². The first-order valence-electron chi connectivity index (χ1n) is 9.79. The van der Waals surface area contributed by atoms with E-state index in [1.807, 2.05) is 31.2 Å². The quantitative estimate of drug-likeness (QED) is 0.552. The Morgan fingerprint density at radius 2 is 1.86 bits per heavy atom. The molecule has 3 rings (SSSR count). The Bertz CT molecular complexity index is 813. The summed E-state index contributed by atoms with van der Waals surface area (Å²) in [7, 11) is 1.62. The van der Waals surface area contributed by atoms with E-state index in [0.717, 1.165) is 36.6 Å². The summed E-state index contributed by atoms with van der Waals surface area (Å²) in [6, 6.07) is 14.4. The molecule has 0 aromatic heterocycles. The van der Waals surface area contributed by atoms with Crippen LogP contribution in [-0.2, 0) is 4.74 Å². The summed E-state index contributed by atoms with van der Waals surface area (Å²) < 4.78 is 16.2. The lowest BCUT2D eigenvalue weighted by molar-refractivity contribution is 0.0975.